The van der Waals surface area contributed by atoms with Gasteiger partial charge < -0.3 is 0 Å². The van der Waals surface area contributed by atoms with Gasteiger partial charge in [0.2, 0.25) is 0 Å². The molecule has 8 aliphatic carbocycles. The Labute approximate surface area is 416 Å². The molecule has 0 aliphatic heterocycles. The van der Waals surface area contributed by atoms with Crippen molar-refractivity contribution >= 4 is 0 Å². The molecule has 4 atom stereocenters. The van der Waals surface area contributed by atoms with Crippen LogP contribution in [0.3, 0.4) is 0 Å². The first-order valence-electron chi connectivity index (χ1n) is 26.1. The molecule has 0 heterocycles. The van der Waals surface area contributed by atoms with Crippen LogP contribution in [0.15, 0.2) is 182 Å². The van der Waals surface area contributed by atoms with Gasteiger partial charge in [-0.15, -0.1) is 0 Å². The summed E-state index contributed by atoms with van der Waals surface area (Å²) >= 11 is 0. The lowest BCUT2D eigenvalue weighted by atomic mass is 9.40. The molecule has 8 fully saturated rings. The molecule has 0 nitrogen and oxygen atoms in total. The van der Waals surface area contributed by atoms with Gasteiger partial charge in [0, 0.05) is 44.5 Å². The van der Waals surface area contributed by atoms with Gasteiger partial charge in [0.1, 0.15) is 0 Å². The summed E-state index contributed by atoms with van der Waals surface area (Å²) in [6.45, 7) is 0. The number of hydrogen-bond acceptors (Lipinski definition) is 0. The van der Waals surface area contributed by atoms with Crippen molar-refractivity contribution in [2.75, 3.05) is 0 Å². The van der Waals surface area contributed by atoms with Crippen molar-refractivity contribution in [3.8, 4) is 47.4 Å². The van der Waals surface area contributed by atoms with E-state index in [0.717, 1.165) is 68.2 Å². The highest BCUT2D eigenvalue weighted by molar-refractivity contribution is 5.58. The maximum Gasteiger partial charge on any atom is 0.0299 e. The zero-order chi connectivity index (χ0) is 46.6. The van der Waals surface area contributed by atoms with Crippen molar-refractivity contribution in [3.63, 3.8) is 0 Å². The molecule has 8 bridgehead atoms. The first-order chi connectivity index (χ1) is 34.4. The number of hydrogen-bond donors (Lipinski definition) is 0. The van der Waals surface area contributed by atoms with Crippen molar-refractivity contribution in [1.29, 1.82) is 0 Å². The fourth-order valence-electron chi connectivity index (χ4n) is 16.0. The third kappa shape index (κ3) is 8.00. The van der Waals surface area contributed by atoms with Crippen LogP contribution in [-0.2, 0) is 21.7 Å². The van der Waals surface area contributed by atoms with E-state index in [4.69, 9.17) is 0 Å². The van der Waals surface area contributed by atoms with E-state index in [-0.39, 0.29) is 21.7 Å². The van der Waals surface area contributed by atoms with E-state index < -0.39 is 0 Å². The fraction of sp³-hybridized carbons (Fsp3) is 0.286. The molecule has 7 aromatic carbocycles. The minimum Gasteiger partial charge on any atom is -0.0622 e. The smallest absolute Gasteiger partial charge is 0.0299 e. The molecule has 0 amide bonds. The van der Waals surface area contributed by atoms with Crippen molar-refractivity contribution in [2.24, 2.45) is 23.7 Å². The summed E-state index contributed by atoms with van der Waals surface area (Å²) in [5, 5.41) is 0. The number of rotatable bonds is 4. The van der Waals surface area contributed by atoms with E-state index in [1.165, 1.54) is 88.2 Å². The highest BCUT2D eigenvalue weighted by atomic mass is 14.6. The van der Waals surface area contributed by atoms with Crippen molar-refractivity contribution in [1.82, 2.24) is 0 Å². The number of benzene rings is 7. The van der Waals surface area contributed by atoms with Gasteiger partial charge in [-0.25, -0.2) is 0 Å². The van der Waals surface area contributed by atoms with Gasteiger partial charge in [-0.1, -0.05) is 157 Å². The third-order valence-electron chi connectivity index (χ3n) is 17.9. The summed E-state index contributed by atoms with van der Waals surface area (Å²) in [7, 11) is 0. The molecule has 8 saturated carbocycles. The van der Waals surface area contributed by atoms with Crippen molar-refractivity contribution in [3.05, 3.63) is 249 Å². The van der Waals surface area contributed by atoms with Crippen molar-refractivity contribution in [2.45, 2.75) is 98.7 Å². The van der Waals surface area contributed by atoms with Crippen LogP contribution in [-0.4, -0.2) is 0 Å². The maximum absolute atomic E-state index is 3.75. The molecule has 7 aromatic rings. The maximum atomic E-state index is 3.75. The second-order valence-corrected chi connectivity index (χ2v) is 22.6. The molecule has 0 N–H and O–H groups in total. The monoisotopic (exact) mass is 898 g/mol. The molecular weight excluding hydrogens is 841 g/mol. The summed E-state index contributed by atoms with van der Waals surface area (Å²) in [5.74, 6) is 31.5. The normalized spacial score (nSPS) is 28.2. The average Bonchev–Trinajstić information content (AvgIpc) is 3.39. The standard InChI is InChI=1S/C70H58/c1-5-14-51(15-6-1)24-26-55-30-34-65(61(38-55)32-28-53-18-9-3-10-19-53)69-45-57-36-58(46-69)42-67(41-57,49-69)63-22-13-23-64(40-63)68-43-59-37-60(44-68)48-70(47-59,50-68)66-35-31-56(27-25-52-16-7-2-8-17-52)39-62(66)33-29-54-20-11-4-12-21-54/h1-23,30-31,34-35,38-40,57-60H,36-37,41-50H2. The second-order valence-electron chi connectivity index (χ2n) is 22.6. The van der Waals surface area contributed by atoms with Crippen LogP contribution < -0.4 is 0 Å². The van der Waals surface area contributed by atoms with E-state index in [9.17, 15) is 0 Å². The van der Waals surface area contributed by atoms with Crippen LogP contribution in [0.25, 0.3) is 0 Å². The van der Waals surface area contributed by atoms with E-state index in [2.05, 4.69) is 229 Å². The Balaban J connectivity index is 0.859. The van der Waals surface area contributed by atoms with Gasteiger partial charge in [-0.3, -0.25) is 0 Å². The van der Waals surface area contributed by atoms with Crippen LogP contribution in [0, 0.1) is 71.0 Å². The Bertz CT molecular complexity index is 3130. The second kappa shape index (κ2) is 17.3. The summed E-state index contributed by atoms with van der Waals surface area (Å²) in [6, 6.07) is 66.1. The van der Waals surface area contributed by atoms with Crippen molar-refractivity contribution < 1.29 is 0 Å². The highest BCUT2D eigenvalue weighted by Crippen LogP contribution is 2.69. The van der Waals surface area contributed by atoms with E-state index in [1.54, 1.807) is 11.1 Å². The molecule has 0 heteroatoms. The van der Waals surface area contributed by atoms with Gasteiger partial charge >= 0.3 is 0 Å². The summed E-state index contributed by atoms with van der Waals surface area (Å²) in [6.07, 6.45) is 15.5. The summed E-state index contributed by atoms with van der Waals surface area (Å²) in [5.41, 5.74) is 15.3. The molecule has 0 radical (unpaired) electrons. The Morgan fingerprint density at radius 2 is 0.586 bits per heavy atom. The van der Waals surface area contributed by atoms with Gasteiger partial charge in [-0.05, 0) is 217 Å². The predicted molar refractivity (Wildman–Crippen MR) is 285 cm³/mol. The minimum atomic E-state index is 0.103. The lowest BCUT2D eigenvalue weighted by Crippen LogP contribution is -2.57. The SMILES string of the molecule is C(#Cc1ccc(C23CC4CC(CC(c5cccc(C67CC8CC(C6)CC(c6ccc(C#Cc9ccccc9)cc6C#Cc6ccccc6)(C8)C7)c5)(C4)C2)C3)c(C#Cc2ccccc2)c1)c1ccccc1. The Morgan fingerprint density at radius 3 is 0.943 bits per heavy atom. The van der Waals surface area contributed by atoms with Gasteiger partial charge in [-0.2, -0.15) is 0 Å². The topological polar surface area (TPSA) is 0 Å². The molecule has 4 unspecified atom stereocenters. The molecule has 0 aromatic heterocycles. The molecule has 0 saturated heterocycles. The average molecular weight is 899 g/mol. The van der Waals surface area contributed by atoms with Crippen LogP contribution >= 0.6 is 0 Å². The van der Waals surface area contributed by atoms with E-state index in [0.29, 0.717) is 0 Å². The van der Waals surface area contributed by atoms with Crippen LogP contribution in [0.2, 0.25) is 0 Å². The summed E-state index contributed by atoms with van der Waals surface area (Å²) < 4.78 is 0. The summed E-state index contributed by atoms with van der Waals surface area (Å²) in [4.78, 5) is 0. The quantitative estimate of drug-likeness (QED) is 0.154. The van der Waals surface area contributed by atoms with Crippen LogP contribution in [0.5, 0.6) is 0 Å². The zero-order valence-electron chi connectivity index (χ0n) is 40.1. The highest BCUT2D eigenvalue weighted by Gasteiger charge is 2.61. The van der Waals surface area contributed by atoms with Gasteiger partial charge in [0.15, 0.2) is 0 Å². The van der Waals surface area contributed by atoms with E-state index in [1.807, 2.05) is 0 Å². The third-order valence-corrected chi connectivity index (χ3v) is 17.9. The van der Waals surface area contributed by atoms with Gasteiger partial charge in [0.05, 0.1) is 0 Å². The lowest BCUT2D eigenvalue weighted by Gasteiger charge is -2.64. The zero-order valence-corrected chi connectivity index (χ0v) is 40.1. The Morgan fingerprint density at radius 1 is 0.271 bits per heavy atom. The molecule has 15 rings (SSSR count). The van der Waals surface area contributed by atoms with Crippen LogP contribution in [0.1, 0.15) is 144 Å². The first-order valence-corrected chi connectivity index (χ1v) is 26.1. The largest absolute Gasteiger partial charge is 0.0622 e. The molecular formula is C70H58. The lowest BCUT2D eigenvalue weighted by molar-refractivity contribution is -0.0310. The molecule has 338 valence electrons. The first kappa shape index (κ1) is 42.8. The minimum absolute atomic E-state index is 0.103. The molecule has 70 heavy (non-hydrogen) atoms. The van der Waals surface area contributed by atoms with Crippen LogP contribution in [0.4, 0.5) is 0 Å². The molecule has 0 spiro atoms. The van der Waals surface area contributed by atoms with E-state index >= 15 is 0 Å². The Kier molecular flexibility index (Phi) is 10.6. The molecule has 8 aliphatic rings. The van der Waals surface area contributed by atoms with Gasteiger partial charge in [0.25, 0.3) is 0 Å². The Hall–Kier alpha value is -7.22. The fourth-order valence-corrected chi connectivity index (χ4v) is 16.0. The predicted octanol–water partition coefficient (Wildman–Crippen LogP) is 14.9.